The van der Waals surface area contributed by atoms with Gasteiger partial charge in [-0.3, -0.25) is 4.21 Å². The molecule has 3 unspecified atom stereocenters. The summed E-state index contributed by atoms with van der Waals surface area (Å²) >= 11 is 0. The Morgan fingerprint density at radius 1 is 1.69 bits per heavy atom. The monoisotopic (exact) mass is 205 g/mol. The molecular formula is C9H19NO2S. The third-order valence-corrected chi connectivity index (χ3v) is 4.10. The fraction of sp³-hybridized carbons (Fsp3) is 1.00. The van der Waals surface area contributed by atoms with Crippen molar-refractivity contribution in [3.63, 3.8) is 0 Å². The minimum absolute atomic E-state index is 0.378. The van der Waals surface area contributed by atoms with Crippen molar-refractivity contribution < 1.29 is 8.95 Å². The summed E-state index contributed by atoms with van der Waals surface area (Å²) in [6.45, 7) is 4.31. The van der Waals surface area contributed by atoms with E-state index in [0.717, 1.165) is 31.1 Å². The van der Waals surface area contributed by atoms with E-state index in [-0.39, 0.29) is 0 Å². The van der Waals surface area contributed by atoms with Gasteiger partial charge in [0.1, 0.15) is 0 Å². The summed E-state index contributed by atoms with van der Waals surface area (Å²) < 4.78 is 16.8. The molecule has 0 saturated carbocycles. The van der Waals surface area contributed by atoms with E-state index >= 15 is 0 Å². The van der Waals surface area contributed by atoms with Gasteiger partial charge in [-0.05, 0) is 24.8 Å². The van der Waals surface area contributed by atoms with E-state index in [1.54, 1.807) is 0 Å². The van der Waals surface area contributed by atoms with Gasteiger partial charge in [0.25, 0.3) is 0 Å². The summed E-state index contributed by atoms with van der Waals surface area (Å²) in [7, 11) is -0.700. The first-order valence-corrected chi connectivity index (χ1v) is 6.34. The predicted octanol–water partition coefficient (Wildman–Crippen LogP) is 0.366. The highest BCUT2D eigenvalue weighted by Gasteiger charge is 2.18. The lowest BCUT2D eigenvalue weighted by Gasteiger charge is -2.10. The summed E-state index contributed by atoms with van der Waals surface area (Å²) in [5.41, 5.74) is 5.47. The Labute approximate surface area is 82.5 Å². The number of ether oxygens (including phenoxy) is 1. The summed E-state index contributed by atoms with van der Waals surface area (Å²) in [4.78, 5) is 0. The van der Waals surface area contributed by atoms with E-state index < -0.39 is 10.8 Å². The van der Waals surface area contributed by atoms with Crippen LogP contribution in [-0.2, 0) is 15.5 Å². The first-order chi connectivity index (χ1) is 6.22. The van der Waals surface area contributed by atoms with E-state index in [1.165, 1.54) is 0 Å². The van der Waals surface area contributed by atoms with Crippen LogP contribution in [0.5, 0.6) is 0 Å². The third-order valence-electron chi connectivity index (χ3n) is 2.32. The third kappa shape index (κ3) is 4.20. The molecule has 0 aromatic heterocycles. The average molecular weight is 205 g/mol. The Morgan fingerprint density at radius 2 is 2.46 bits per heavy atom. The molecule has 0 aromatic rings. The van der Waals surface area contributed by atoms with Crippen molar-refractivity contribution in [1.82, 2.24) is 0 Å². The zero-order chi connectivity index (χ0) is 9.68. The van der Waals surface area contributed by atoms with Crippen LogP contribution in [0, 0.1) is 11.8 Å². The molecule has 1 rings (SSSR count). The van der Waals surface area contributed by atoms with Gasteiger partial charge < -0.3 is 10.5 Å². The molecule has 3 atom stereocenters. The van der Waals surface area contributed by atoms with E-state index in [2.05, 4.69) is 0 Å². The van der Waals surface area contributed by atoms with E-state index in [9.17, 15) is 4.21 Å². The molecule has 13 heavy (non-hydrogen) atoms. The van der Waals surface area contributed by atoms with Crippen LogP contribution in [-0.4, -0.2) is 35.5 Å². The molecule has 0 spiro atoms. The zero-order valence-electron chi connectivity index (χ0n) is 8.20. The lowest BCUT2D eigenvalue weighted by Crippen LogP contribution is -2.21. The van der Waals surface area contributed by atoms with Crippen LogP contribution in [0.3, 0.4) is 0 Å². The molecule has 0 aromatic carbocycles. The molecule has 1 aliphatic rings. The second kappa shape index (κ2) is 5.73. The first-order valence-electron chi connectivity index (χ1n) is 4.85. The fourth-order valence-electron chi connectivity index (χ4n) is 1.43. The Kier molecular flexibility index (Phi) is 4.91. The average Bonchev–Trinajstić information content (AvgIpc) is 2.56. The normalized spacial score (nSPS) is 27.4. The summed E-state index contributed by atoms with van der Waals surface area (Å²) in [6, 6.07) is 0. The molecule has 1 aliphatic heterocycles. The first kappa shape index (κ1) is 11.1. The fourth-order valence-corrected chi connectivity index (χ4v) is 3.13. The molecule has 78 valence electrons. The number of nitrogens with two attached hydrogens (primary N) is 1. The van der Waals surface area contributed by atoms with Crippen molar-refractivity contribution in [3.8, 4) is 0 Å². The highest BCUT2D eigenvalue weighted by Crippen LogP contribution is 2.14. The Balaban J connectivity index is 2.16. The maximum Gasteiger partial charge on any atom is 0.0503 e. The lowest BCUT2D eigenvalue weighted by atomic mass is 10.2. The van der Waals surface area contributed by atoms with Crippen LogP contribution in [0.15, 0.2) is 0 Å². The SMILES string of the molecule is CC(CN)CS(=O)CC1CCOC1. The van der Waals surface area contributed by atoms with Gasteiger partial charge >= 0.3 is 0 Å². The van der Waals surface area contributed by atoms with Crippen molar-refractivity contribution in [2.24, 2.45) is 17.6 Å². The molecule has 0 radical (unpaired) electrons. The van der Waals surface area contributed by atoms with Crippen LogP contribution in [0.2, 0.25) is 0 Å². The molecule has 0 bridgehead atoms. The van der Waals surface area contributed by atoms with Crippen LogP contribution in [0.1, 0.15) is 13.3 Å². The van der Waals surface area contributed by atoms with Gasteiger partial charge in [0.2, 0.25) is 0 Å². The van der Waals surface area contributed by atoms with Crippen molar-refractivity contribution in [1.29, 1.82) is 0 Å². The van der Waals surface area contributed by atoms with Gasteiger partial charge in [0.05, 0.1) is 6.61 Å². The Morgan fingerprint density at radius 3 is 3.00 bits per heavy atom. The molecule has 2 N–H and O–H groups in total. The zero-order valence-corrected chi connectivity index (χ0v) is 9.02. The van der Waals surface area contributed by atoms with Crippen LogP contribution >= 0.6 is 0 Å². The smallest absolute Gasteiger partial charge is 0.0503 e. The molecule has 1 heterocycles. The molecule has 4 heteroatoms. The maximum atomic E-state index is 11.6. The molecule has 3 nitrogen and oxygen atoms in total. The molecule has 0 aliphatic carbocycles. The number of rotatable bonds is 5. The van der Waals surface area contributed by atoms with Crippen molar-refractivity contribution in [3.05, 3.63) is 0 Å². The van der Waals surface area contributed by atoms with Gasteiger partial charge in [-0.25, -0.2) is 0 Å². The molecular weight excluding hydrogens is 186 g/mol. The highest BCUT2D eigenvalue weighted by atomic mass is 32.2. The van der Waals surface area contributed by atoms with Crippen molar-refractivity contribution in [2.75, 3.05) is 31.3 Å². The standard InChI is InChI=1S/C9H19NO2S/c1-8(4-10)6-13(11)7-9-2-3-12-5-9/h8-9H,2-7,10H2,1H3. The Hall–Kier alpha value is 0.0700. The topological polar surface area (TPSA) is 52.3 Å². The van der Waals surface area contributed by atoms with Crippen LogP contribution in [0.25, 0.3) is 0 Å². The van der Waals surface area contributed by atoms with Gasteiger partial charge in [0.15, 0.2) is 0 Å². The van der Waals surface area contributed by atoms with Gasteiger partial charge in [-0.15, -0.1) is 0 Å². The molecule has 1 fully saturated rings. The summed E-state index contributed by atoms with van der Waals surface area (Å²) in [6.07, 6.45) is 1.07. The van der Waals surface area contributed by atoms with Crippen molar-refractivity contribution >= 4 is 10.8 Å². The van der Waals surface area contributed by atoms with Crippen LogP contribution in [0.4, 0.5) is 0 Å². The summed E-state index contributed by atoms with van der Waals surface area (Å²) in [5, 5.41) is 0. The van der Waals surface area contributed by atoms with Gasteiger partial charge in [-0.2, -0.15) is 0 Å². The van der Waals surface area contributed by atoms with E-state index in [1.807, 2.05) is 6.92 Å². The second-order valence-electron chi connectivity index (χ2n) is 3.84. The van der Waals surface area contributed by atoms with Gasteiger partial charge in [0, 0.05) is 28.9 Å². The minimum Gasteiger partial charge on any atom is -0.381 e. The highest BCUT2D eigenvalue weighted by molar-refractivity contribution is 7.85. The largest absolute Gasteiger partial charge is 0.381 e. The maximum absolute atomic E-state index is 11.6. The summed E-state index contributed by atoms with van der Waals surface area (Å²) in [5.74, 6) is 2.44. The predicted molar refractivity (Wildman–Crippen MR) is 55.0 cm³/mol. The molecule has 1 saturated heterocycles. The quantitative estimate of drug-likeness (QED) is 0.705. The van der Waals surface area contributed by atoms with Gasteiger partial charge in [-0.1, -0.05) is 6.92 Å². The van der Waals surface area contributed by atoms with E-state index in [4.69, 9.17) is 10.5 Å². The number of hydrogen-bond donors (Lipinski definition) is 1. The molecule has 0 amide bonds. The van der Waals surface area contributed by atoms with Crippen molar-refractivity contribution in [2.45, 2.75) is 13.3 Å². The van der Waals surface area contributed by atoms with E-state index in [0.29, 0.717) is 18.4 Å². The Bertz CT molecular complexity index is 169. The minimum atomic E-state index is -0.700. The number of hydrogen-bond acceptors (Lipinski definition) is 3. The van der Waals surface area contributed by atoms with Crippen LogP contribution < -0.4 is 5.73 Å². The lowest BCUT2D eigenvalue weighted by molar-refractivity contribution is 0.189. The second-order valence-corrected chi connectivity index (χ2v) is 5.39.